The number of amidine groups is 1. The summed E-state index contributed by atoms with van der Waals surface area (Å²) in [5.74, 6) is -0.957. The molecule has 2 N–H and O–H groups in total. The van der Waals surface area contributed by atoms with Gasteiger partial charge in [-0.1, -0.05) is 6.07 Å². The molecule has 0 fully saturated rings. The van der Waals surface area contributed by atoms with Crippen molar-refractivity contribution in [3.8, 4) is 5.75 Å². The van der Waals surface area contributed by atoms with Crippen LogP contribution in [0.25, 0.3) is 0 Å². The van der Waals surface area contributed by atoms with E-state index in [0.29, 0.717) is 5.75 Å². The Kier molecular flexibility index (Phi) is 3.18. The van der Waals surface area contributed by atoms with Gasteiger partial charge in [-0.05, 0) is 12.1 Å². The van der Waals surface area contributed by atoms with Crippen molar-refractivity contribution < 1.29 is 17.9 Å². The lowest BCUT2D eigenvalue weighted by molar-refractivity contribution is -0.0597. The fourth-order valence-electron chi connectivity index (χ4n) is 0.883. The summed E-state index contributed by atoms with van der Waals surface area (Å²) in [6.45, 7) is 0. The second-order valence-corrected chi connectivity index (χ2v) is 2.70. The lowest BCUT2D eigenvalue weighted by Crippen LogP contribution is -2.30. The number of methoxy groups -OCH3 is 1. The highest BCUT2D eigenvalue weighted by molar-refractivity contribution is 5.88. The summed E-state index contributed by atoms with van der Waals surface area (Å²) in [5, 5.41) is 0. The number of hydrogen-bond donors (Lipinski definition) is 1. The molecule has 3 nitrogen and oxygen atoms in total. The molecule has 0 bridgehead atoms. The topological polar surface area (TPSA) is 47.6 Å². The van der Waals surface area contributed by atoms with Crippen LogP contribution < -0.4 is 10.5 Å². The van der Waals surface area contributed by atoms with Crippen molar-refractivity contribution in [1.82, 2.24) is 0 Å². The van der Waals surface area contributed by atoms with Crippen LogP contribution in [0.4, 0.5) is 18.9 Å². The minimum atomic E-state index is -4.61. The number of nitrogens with zero attached hydrogens (tertiary/aromatic N) is 1. The monoisotopic (exact) mass is 218 g/mol. The van der Waals surface area contributed by atoms with Crippen molar-refractivity contribution >= 4 is 11.5 Å². The summed E-state index contributed by atoms with van der Waals surface area (Å²) in [6, 6.07) is 5.89. The van der Waals surface area contributed by atoms with Gasteiger partial charge in [-0.15, -0.1) is 0 Å². The third-order valence-electron chi connectivity index (χ3n) is 1.59. The zero-order valence-corrected chi connectivity index (χ0v) is 7.88. The van der Waals surface area contributed by atoms with Crippen LogP contribution in [0.1, 0.15) is 0 Å². The van der Waals surface area contributed by atoms with E-state index in [2.05, 4.69) is 4.99 Å². The first-order valence-corrected chi connectivity index (χ1v) is 3.99. The predicted molar refractivity (Wildman–Crippen MR) is 50.3 cm³/mol. The third-order valence-corrected chi connectivity index (χ3v) is 1.59. The Labute approximate surface area is 84.4 Å². The van der Waals surface area contributed by atoms with E-state index >= 15 is 0 Å². The van der Waals surface area contributed by atoms with E-state index in [1.54, 1.807) is 6.07 Å². The highest BCUT2D eigenvalue weighted by atomic mass is 19.4. The Hall–Kier alpha value is -1.72. The van der Waals surface area contributed by atoms with Crippen LogP contribution in [0.5, 0.6) is 5.75 Å². The Bertz CT molecular complexity index is 374. The summed E-state index contributed by atoms with van der Waals surface area (Å²) in [7, 11) is 1.41. The number of ether oxygens (including phenoxy) is 1. The van der Waals surface area contributed by atoms with E-state index in [-0.39, 0.29) is 5.69 Å². The molecule has 0 unspecified atom stereocenters. The lowest BCUT2D eigenvalue weighted by Gasteiger charge is -2.05. The molecule has 0 spiro atoms. The van der Waals surface area contributed by atoms with Crippen LogP contribution in [-0.2, 0) is 0 Å². The van der Waals surface area contributed by atoms with Crippen molar-refractivity contribution in [3.63, 3.8) is 0 Å². The normalized spacial score (nSPS) is 12.7. The van der Waals surface area contributed by atoms with Gasteiger partial charge in [-0.2, -0.15) is 13.2 Å². The SMILES string of the molecule is COc1cccc(N=C(N)C(F)(F)F)c1. The number of halogens is 3. The van der Waals surface area contributed by atoms with Crippen LogP contribution in [0, 0.1) is 0 Å². The van der Waals surface area contributed by atoms with Gasteiger partial charge in [0.05, 0.1) is 12.8 Å². The molecule has 1 aromatic carbocycles. The first kappa shape index (κ1) is 11.4. The zero-order chi connectivity index (χ0) is 11.5. The maximum Gasteiger partial charge on any atom is 0.448 e. The predicted octanol–water partition coefficient (Wildman–Crippen LogP) is 2.25. The minimum Gasteiger partial charge on any atom is -0.497 e. The van der Waals surface area contributed by atoms with Crippen LogP contribution in [-0.4, -0.2) is 19.1 Å². The number of alkyl halides is 3. The molecule has 1 rings (SSSR count). The van der Waals surface area contributed by atoms with E-state index < -0.39 is 12.0 Å². The van der Waals surface area contributed by atoms with E-state index in [0.717, 1.165) is 0 Å². The van der Waals surface area contributed by atoms with Gasteiger partial charge in [-0.25, -0.2) is 4.99 Å². The number of rotatable bonds is 2. The van der Waals surface area contributed by atoms with Crippen LogP contribution in [0.3, 0.4) is 0 Å². The van der Waals surface area contributed by atoms with Gasteiger partial charge in [0.1, 0.15) is 5.75 Å². The zero-order valence-electron chi connectivity index (χ0n) is 7.88. The average molecular weight is 218 g/mol. The van der Waals surface area contributed by atoms with Gasteiger partial charge < -0.3 is 10.5 Å². The third kappa shape index (κ3) is 3.16. The van der Waals surface area contributed by atoms with Crippen molar-refractivity contribution in [2.75, 3.05) is 7.11 Å². The first-order chi connectivity index (χ1) is 6.93. The maximum absolute atomic E-state index is 12.0. The molecule has 0 aromatic heterocycles. The largest absolute Gasteiger partial charge is 0.497 e. The standard InChI is InChI=1S/C9H9F3N2O/c1-15-7-4-2-3-6(5-7)14-8(13)9(10,11)12/h2-5H,1H3,(H2,13,14). The highest BCUT2D eigenvalue weighted by Gasteiger charge is 2.33. The molecular weight excluding hydrogens is 209 g/mol. The molecular formula is C9H9F3N2O. The van der Waals surface area contributed by atoms with Crippen molar-refractivity contribution in [2.24, 2.45) is 10.7 Å². The molecule has 6 heteroatoms. The Balaban J connectivity index is 2.98. The fourth-order valence-corrected chi connectivity index (χ4v) is 0.883. The van der Waals surface area contributed by atoms with E-state index in [4.69, 9.17) is 10.5 Å². The molecule has 0 aliphatic carbocycles. The molecule has 15 heavy (non-hydrogen) atoms. The van der Waals surface area contributed by atoms with Gasteiger partial charge >= 0.3 is 6.18 Å². The number of aliphatic imine (C=N–C) groups is 1. The van der Waals surface area contributed by atoms with Gasteiger partial charge in [-0.3, -0.25) is 0 Å². The van der Waals surface area contributed by atoms with Crippen molar-refractivity contribution in [1.29, 1.82) is 0 Å². The fraction of sp³-hybridized carbons (Fsp3) is 0.222. The molecule has 0 saturated heterocycles. The van der Waals surface area contributed by atoms with Gasteiger partial charge in [0.25, 0.3) is 0 Å². The average Bonchev–Trinajstić information content (AvgIpc) is 2.16. The maximum atomic E-state index is 12.0. The molecule has 0 aliphatic heterocycles. The molecule has 0 atom stereocenters. The molecule has 1 aromatic rings. The molecule has 0 saturated carbocycles. The molecule has 0 radical (unpaired) electrons. The smallest absolute Gasteiger partial charge is 0.448 e. The van der Waals surface area contributed by atoms with Gasteiger partial charge in [0, 0.05) is 6.07 Å². The summed E-state index contributed by atoms with van der Waals surface area (Å²) in [4.78, 5) is 3.23. The second-order valence-electron chi connectivity index (χ2n) is 2.70. The Morgan fingerprint density at radius 1 is 1.40 bits per heavy atom. The second kappa shape index (κ2) is 4.20. The van der Waals surface area contributed by atoms with Crippen LogP contribution in [0.2, 0.25) is 0 Å². The van der Waals surface area contributed by atoms with Crippen LogP contribution in [0.15, 0.2) is 29.3 Å². The van der Waals surface area contributed by atoms with Gasteiger partial charge in [0.15, 0.2) is 0 Å². The van der Waals surface area contributed by atoms with Crippen molar-refractivity contribution in [3.05, 3.63) is 24.3 Å². The molecule has 0 aliphatic rings. The highest BCUT2D eigenvalue weighted by Crippen LogP contribution is 2.22. The molecule has 0 heterocycles. The van der Waals surface area contributed by atoms with Gasteiger partial charge in [0.2, 0.25) is 5.84 Å². The molecule has 0 amide bonds. The number of benzene rings is 1. The quantitative estimate of drug-likeness (QED) is 0.611. The number of nitrogens with two attached hydrogens (primary N) is 1. The molecule has 82 valence electrons. The van der Waals surface area contributed by atoms with Crippen LogP contribution >= 0.6 is 0 Å². The Morgan fingerprint density at radius 2 is 2.07 bits per heavy atom. The van der Waals surface area contributed by atoms with E-state index in [1.807, 2.05) is 0 Å². The summed E-state index contributed by atoms with van der Waals surface area (Å²) in [6.07, 6.45) is -4.61. The first-order valence-electron chi connectivity index (χ1n) is 3.99. The summed E-state index contributed by atoms with van der Waals surface area (Å²) >= 11 is 0. The summed E-state index contributed by atoms with van der Waals surface area (Å²) in [5.41, 5.74) is 4.86. The van der Waals surface area contributed by atoms with Crippen molar-refractivity contribution in [2.45, 2.75) is 6.18 Å². The lowest BCUT2D eigenvalue weighted by atomic mass is 10.3. The minimum absolute atomic E-state index is 0.101. The van der Waals surface area contributed by atoms with E-state index in [1.165, 1.54) is 25.3 Å². The number of hydrogen-bond acceptors (Lipinski definition) is 2. The van der Waals surface area contributed by atoms with E-state index in [9.17, 15) is 13.2 Å². The Morgan fingerprint density at radius 3 is 2.60 bits per heavy atom. The summed E-state index contributed by atoms with van der Waals surface area (Å²) < 4.78 is 40.9.